The Balaban J connectivity index is 1.87. The summed E-state index contributed by atoms with van der Waals surface area (Å²) in [6, 6.07) is 1.72. The summed E-state index contributed by atoms with van der Waals surface area (Å²) in [5, 5.41) is 0. The molecule has 2 fully saturated rings. The first kappa shape index (κ1) is 9.85. The van der Waals surface area contributed by atoms with Crippen LogP contribution in [0.5, 0.6) is 0 Å². The van der Waals surface area contributed by atoms with Gasteiger partial charge in [-0.15, -0.1) is 0 Å². The second-order valence-electron chi connectivity index (χ2n) is 4.80. The standard InChI is InChI=1S/C11H21NS/c1-8(2)12-5-4-10-9(7-13-3)6-11(10)12/h8-11H,4-7H2,1-3H3. The third-order valence-corrected chi connectivity index (χ3v) is 4.60. The van der Waals surface area contributed by atoms with Crippen molar-refractivity contribution >= 4 is 11.8 Å². The van der Waals surface area contributed by atoms with Gasteiger partial charge in [-0.2, -0.15) is 11.8 Å². The van der Waals surface area contributed by atoms with Crippen molar-refractivity contribution in [2.24, 2.45) is 11.8 Å². The lowest BCUT2D eigenvalue weighted by Gasteiger charge is -2.45. The van der Waals surface area contributed by atoms with Gasteiger partial charge in [0.15, 0.2) is 0 Å². The molecule has 2 heteroatoms. The molecule has 3 unspecified atom stereocenters. The lowest BCUT2D eigenvalue weighted by molar-refractivity contribution is 0.0660. The lowest BCUT2D eigenvalue weighted by Crippen LogP contribution is -2.48. The third-order valence-electron chi connectivity index (χ3n) is 3.83. The van der Waals surface area contributed by atoms with Crippen molar-refractivity contribution in [3.8, 4) is 0 Å². The first-order valence-corrected chi connectivity index (χ1v) is 6.88. The quantitative estimate of drug-likeness (QED) is 0.687. The zero-order valence-corrected chi connectivity index (χ0v) is 9.81. The summed E-state index contributed by atoms with van der Waals surface area (Å²) in [6.07, 6.45) is 5.18. The average Bonchev–Trinajstić information content (AvgIpc) is 2.38. The van der Waals surface area contributed by atoms with E-state index in [1.165, 1.54) is 25.1 Å². The van der Waals surface area contributed by atoms with E-state index in [1.54, 1.807) is 0 Å². The molecule has 3 atom stereocenters. The zero-order chi connectivity index (χ0) is 9.42. The Labute approximate surface area is 86.3 Å². The first-order chi connectivity index (χ1) is 6.24. The Morgan fingerprint density at radius 2 is 2.23 bits per heavy atom. The molecule has 1 saturated heterocycles. The number of thioether (sulfide) groups is 1. The van der Waals surface area contributed by atoms with Gasteiger partial charge in [0.2, 0.25) is 0 Å². The number of nitrogens with zero attached hydrogens (tertiary/aromatic N) is 1. The van der Waals surface area contributed by atoms with Gasteiger partial charge < -0.3 is 0 Å². The SMILES string of the molecule is CSCC1CC2C1CCN2C(C)C. The minimum absolute atomic E-state index is 0.769. The van der Waals surface area contributed by atoms with Crippen molar-refractivity contribution in [1.29, 1.82) is 0 Å². The highest BCUT2D eigenvalue weighted by atomic mass is 32.2. The van der Waals surface area contributed by atoms with Gasteiger partial charge in [-0.3, -0.25) is 4.90 Å². The van der Waals surface area contributed by atoms with Crippen LogP contribution >= 0.6 is 11.8 Å². The van der Waals surface area contributed by atoms with Gasteiger partial charge in [0.1, 0.15) is 0 Å². The Hall–Kier alpha value is 0.310. The highest BCUT2D eigenvalue weighted by Gasteiger charge is 2.47. The zero-order valence-electron chi connectivity index (χ0n) is 8.99. The molecule has 0 N–H and O–H groups in total. The van der Waals surface area contributed by atoms with Crippen LogP contribution in [0.2, 0.25) is 0 Å². The Bertz CT molecular complexity index is 181. The van der Waals surface area contributed by atoms with Crippen LogP contribution < -0.4 is 0 Å². The van der Waals surface area contributed by atoms with Gasteiger partial charge >= 0.3 is 0 Å². The Morgan fingerprint density at radius 3 is 2.85 bits per heavy atom. The summed E-state index contributed by atoms with van der Waals surface area (Å²) in [5.74, 6) is 3.49. The van der Waals surface area contributed by atoms with Crippen molar-refractivity contribution in [3.05, 3.63) is 0 Å². The molecule has 0 spiro atoms. The van der Waals surface area contributed by atoms with E-state index in [2.05, 4.69) is 25.0 Å². The van der Waals surface area contributed by atoms with Crippen LogP contribution in [0.25, 0.3) is 0 Å². The van der Waals surface area contributed by atoms with E-state index in [4.69, 9.17) is 0 Å². The molecule has 1 aliphatic heterocycles. The molecule has 1 aliphatic carbocycles. The molecule has 0 aromatic heterocycles. The van der Waals surface area contributed by atoms with Gasteiger partial charge in [-0.1, -0.05) is 0 Å². The van der Waals surface area contributed by atoms with E-state index in [0.29, 0.717) is 0 Å². The molecule has 0 radical (unpaired) electrons. The fourth-order valence-electron chi connectivity index (χ4n) is 3.10. The molecule has 1 heterocycles. The maximum atomic E-state index is 2.71. The Kier molecular flexibility index (Phi) is 2.89. The van der Waals surface area contributed by atoms with Crippen molar-refractivity contribution in [2.45, 2.75) is 38.8 Å². The van der Waals surface area contributed by atoms with Gasteiger partial charge in [-0.05, 0) is 57.1 Å². The van der Waals surface area contributed by atoms with Gasteiger partial charge in [-0.25, -0.2) is 0 Å². The van der Waals surface area contributed by atoms with Crippen LogP contribution in [0.4, 0.5) is 0 Å². The summed E-state index contributed by atoms with van der Waals surface area (Å²) < 4.78 is 0. The highest BCUT2D eigenvalue weighted by molar-refractivity contribution is 7.98. The summed E-state index contributed by atoms with van der Waals surface area (Å²) in [6.45, 7) is 6.03. The van der Waals surface area contributed by atoms with E-state index in [-0.39, 0.29) is 0 Å². The largest absolute Gasteiger partial charge is 0.298 e. The highest BCUT2D eigenvalue weighted by Crippen LogP contribution is 2.46. The second kappa shape index (κ2) is 3.82. The van der Waals surface area contributed by atoms with E-state index in [9.17, 15) is 0 Å². The molecular formula is C11H21NS. The molecule has 1 nitrogen and oxygen atoms in total. The van der Waals surface area contributed by atoms with Crippen LogP contribution in [0.1, 0.15) is 26.7 Å². The molecule has 2 rings (SSSR count). The van der Waals surface area contributed by atoms with Crippen LogP contribution in [-0.4, -0.2) is 35.5 Å². The number of fused-ring (bicyclic) bond motifs is 1. The fourth-order valence-corrected chi connectivity index (χ4v) is 3.91. The molecule has 0 amide bonds. The van der Waals surface area contributed by atoms with Crippen LogP contribution in [-0.2, 0) is 0 Å². The van der Waals surface area contributed by atoms with Crippen molar-refractivity contribution in [2.75, 3.05) is 18.6 Å². The molecule has 76 valence electrons. The molecule has 1 saturated carbocycles. The van der Waals surface area contributed by atoms with Crippen molar-refractivity contribution in [1.82, 2.24) is 4.90 Å². The van der Waals surface area contributed by atoms with E-state index >= 15 is 0 Å². The van der Waals surface area contributed by atoms with Crippen molar-refractivity contribution in [3.63, 3.8) is 0 Å². The third kappa shape index (κ3) is 1.63. The lowest BCUT2D eigenvalue weighted by atomic mass is 9.70. The number of hydrogen-bond acceptors (Lipinski definition) is 2. The van der Waals surface area contributed by atoms with Crippen molar-refractivity contribution < 1.29 is 0 Å². The maximum Gasteiger partial charge on any atom is 0.0133 e. The molecule has 2 aliphatic rings. The van der Waals surface area contributed by atoms with Crippen LogP contribution in [0, 0.1) is 11.8 Å². The number of hydrogen-bond donors (Lipinski definition) is 0. The van der Waals surface area contributed by atoms with E-state index in [1.807, 2.05) is 11.8 Å². The van der Waals surface area contributed by atoms with E-state index in [0.717, 1.165) is 23.9 Å². The molecule has 0 aromatic carbocycles. The summed E-state index contributed by atoms with van der Waals surface area (Å²) in [4.78, 5) is 2.71. The number of rotatable bonds is 3. The predicted molar refractivity (Wildman–Crippen MR) is 60.2 cm³/mol. The van der Waals surface area contributed by atoms with Gasteiger partial charge in [0, 0.05) is 12.1 Å². The molecule has 0 aromatic rings. The normalized spacial score (nSPS) is 39.2. The second-order valence-corrected chi connectivity index (χ2v) is 5.71. The molecule has 0 bridgehead atoms. The monoisotopic (exact) mass is 199 g/mol. The maximum absolute atomic E-state index is 2.71. The van der Waals surface area contributed by atoms with E-state index < -0.39 is 0 Å². The number of likely N-dealkylation sites (tertiary alicyclic amines) is 1. The first-order valence-electron chi connectivity index (χ1n) is 5.48. The Morgan fingerprint density at radius 1 is 1.46 bits per heavy atom. The van der Waals surface area contributed by atoms with Crippen LogP contribution in [0.15, 0.2) is 0 Å². The van der Waals surface area contributed by atoms with Gasteiger partial charge in [0.25, 0.3) is 0 Å². The predicted octanol–water partition coefficient (Wildman–Crippen LogP) is 2.47. The molecular weight excluding hydrogens is 178 g/mol. The fraction of sp³-hybridized carbons (Fsp3) is 1.00. The smallest absolute Gasteiger partial charge is 0.0133 e. The summed E-state index contributed by atoms with van der Waals surface area (Å²) in [5.41, 5.74) is 0. The summed E-state index contributed by atoms with van der Waals surface area (Å²) in [7, 11) is 0. The minimum Gasteiger partial charge on any atom is -0.298 e. The molecule has 13 heavy (non-hydrogen) atoms. The van der Waals surface area contributed by atoms with Gasteiger partial charge in [0.05, 0.1) is 0 Å². The van der Waals surface area contributed by atoms with Crippen LogP contribution in [0.3, 0.4) is 0 Å². The average molecular weight is 199 g/mol. The summed E-state index contributed by atoms with van der Waals surface area (Å²) >= 11 is 2.03. The minimum atomic E-state index is 0.769. The topological polar surface area (TPSA) is 3.24 Å².